The van der Waals surface area contributed by atoms with Gasteiger partial charge in [-0.3, -0.25) is 0 Å². The molecule has 1 atom stereocenters. The molecule has 2 heteroatoms. The molecule has 1 rings (SSSR count). The Morgan fingerprint density at radius 2 is 2.33 bits per heavy atom. The van der Waals surface area contributed by atoms with E-state index in [1.54, 1.807) is 12.2 Å². The second kappa shape index (κ2) is 5.74. The maximum atomic E-state index is 13.2. The molecule has 1 heterocycles. The van der Waals surface area contributed by atoms with Gasteiger partial charge >= 0.3 is 0 Å². The average molecular weight is 209 g/mol. The molecule has 1 aliphatic heterocycles. The molecule has 1 saturated heterocycles. The lowest BCUT2D eigenvalue weighted by molar-refractivity contribution is 0.420. The molecule has 1 unspecified atom stereocenters. The Bertz CT molecular complexity index is 278. The fourth-order valence-electron chi connectivity index (χ4n) is 1.80. The number of likely N-dealkylation sites (tertiary alicyclic amines) is 1. The third-order valence-electron chi connectivity index (χ3n) is 2.72. The summed E-state index contributed by atoms with van der Waals surface area (Å²) in [5.74, 6) is 0.638. The van der Waals surface area contributed by atoms with Crippen molar-refractivity contribution in [3.63, 3.8) is 0 Å². The maximum absolute atomic E-state index is 13.2. The minimum Gasteiger partial charge on any atom is -0.371 e. The predicted octanol–water partition coefficient (Wildman–Crippen LogP) is 3.66. The summed E-state index contributed by atoms with van der Waals surface area (Å²) in [6.07, 6.45) is 6.87. The highest BCUT2D eigenvalue weighted by Crippen LogP contribution is 2.22. The molecule has 0 spiro atoms. The molecule has 0 bridgehead atoms. The quantitative estimate of drug-likeness (QED) is 0.639. The molecule has 0 amide bonds. The van der Waals surface area contributed by atoms with Crippen LogP contribution in [0.15, 0.2) is 36.3 Å². The van der Waals surface area contributed by atoms with Gasteiger partial charge in [-0.2, -0.15) is 0 Å². The Hall–Kier alpha value is -1.05. The van der Waals surface area contributed by atoms with Gasteiger partial charge in [-0.1, -0.05) is 26.5 Å². The third kappa shape index (κ3) is 3.54. The van der Waals surface area contributed by atoms with Gasteiger partial charge in [0.15, 0.2) is 0 Å². The van der Waals surface area contributed by atoms with Gasteiger partial charge in [0.25, 0.3) is 0 Å². The largest absolute Gasteiger partial charge is 0.371 e. The molecule has 0 aromatic carbocycles. The minimum absolute atomic E-state index is 0.0670. The van der Waals surface area contributed by atoms with Crippen LogP contribution in [0.25, 0.3) is 0 Å². The Kier molecular flexibility index (Phi) is 4.60. The summed E-state index contributed by atoms with van der Waals surface area (Å²) in [5, 5.41) is 0. The molecule has 1 aliphatic rings. The van der Waals surface area contributed by atoms with E-state index >= 15 is 0 Å². The molecule has 1 nitrogen and oxygen atoms in total. The number of halogens is 1. The Labute approximate surface area is 92.0 Å². The van der Waals surface area contributed by atoms with Crippen LogP contribution in [-0.4, -0.2) is 18.0 Å². The van der Waals surface area contributed by atoms with Crippen molar-refractivity contribution in [3.05, 3.63) is 36.3 Å². The second-order valence-corrected chi connectivity index (χ2v) is 4.11. The zero-order valence-corrected chi connectivity index (χ0v) is 9.67. The summed E-state index contributed by atoms with van der Waals surface area (Å²) < 4.78 is 13.2. The van der Waals surface area contributed by atoms with Crippen molar-refractivity contribution in [1.29, 1.82) is 0 Å². The molecule has 84 valence electrons. The number of hydrogen-bond donors (Lipinski definition) is 0. The molecular formula is C13H20FN. The van der Waals surface area contributed by atoms with Crippen LogP contribution in [-0.2, 0) is 0 Å². The van der Waals surface area contributed by atoms with Gasteiger partial charge in [-0.15, -0.1) is 0 Å². The first-order valence-electron chi connectivity index (χ1n) is 5.61. The smallest absolute Gasteiger partial charge is 0.102 e. The standard InChI is InChI=1S/C13H20FN/c1-4-6-13(9-12(14)5-2)15-8-7-11(3)10-15/h4,6,9,11H,1,5,7-8,10H2,2-3H3/b12-9+,13-6+. The van der Waals surface area contributed by atoms with E-state index in [-0.39, 0.29) is 5.83 Å². The van der Waals surface area contributed by atoms with Crippen molar-refractivity contribution >= 4 is 0 Å². The van der Waals surface area contributed by atoms with E-state index in [2.05, 4.69) is 18.4 Å². The Morgan fingerprint density at radius 3 is 2.80 bits per heavy atom. The topological polar surface area (TPSA) is 3.24 Å². The highest BCUT2D eigenvalue weighted by atomic mass is 19.1. The lowest BCUT2D eigenvalue weighted by Crippen LogP contribution is -2.18. The highest BCUT2D eigenvalue weighted by Gasteiger charge is 2.19. The summed E-state index contributed by atoms with van der Waals surface area (Å²) in [6, 6.07) is 0. The van der Waals surface area contributed by atoms with E-state index in [1.807, 2.05) is 13.0 Å². The first-order valence-corrected chi connectivity index (χ1v) is 5.61. The van der Waals surface area contributed by atoms with Crippen LogP contribution < -0.4 is 0 Å². The monoisotopic (exact) mass is 209 g/mol. The number of nitrogens with zero attached hydrogens (tertiary/aromatic N) is 1. The SMILES string of the molecule is C=C/C=C(\C=C(\F)CC)N1CCC(C)C1. The molecule has 0 aliphatic carbocycles. The van der Waals surface area contributed by atoms with E-state index in [9.17, 15) is 4.39 Å². The van der Waals surface area contributed by atoms with Crippen molar-refractivity contribution in [2.75, 3.05) is 13.1 Å². The Morgan fingerprint density at radius 1 is 1.60 bits per heavy atom. The van der Waals surface area contributed by atoms with Gasteiger partial charge in [0.2, 0.25) is 0 Å². The first kappa shape index (κ1) is 12.0. The van der Waals surface area contributed by atoms with E-state index in [0.29, 0.717) is 12.3 Å². The zero-order chi connectivity index (χ0) is 11.3. The third-order valence-corrected chi connectivity index (χ3v) is 2.72. The number of allylic oxidation sites excluding steroid dienone is 4. The molecule has 15 heavy (non-hydrogen) atoms. The van der Waals surface area contributed by atoms with Crippen LogP contribution in [0.1, 0.15) is 26.7 Å². The van der Waals surface area contributed by atoms with E-state index in [1.165, 1.54) is 6.42 Å². The van der Waals surface area contributed by atoms with Crippen LogP contribution in [0.4, 0.5) is 4.39 Å². The number of rotatable bonds is 4. The summed E-state index contributed by atoms with van der Waals surface area (Å²) in [4.78, 5) is 2.22. The highest BCUT2D eigenvalue weighted by molar-refractivity contribution is 5.24. The fraction of sp³-hybridized carbons (Fsp3) is 0.538. The van der Waals surface area contributed by atoms with Crippen molar-refractivity contribution in [3.8, 4) is 0 Å². The summed E-state index contributed by atoms with van der Waals surface area (Å²) in [5.41, 5.74) is 0.953. The van der Waals surface area contributed by atoms with E-state index in [4.69, 9.17) is 0 Å². The normalized spacial score (nSPS) is 23.4. The lowest BCUT2D eigenvalue weighted by Gasteiger charge is -2.19. The average Bonchev–Trinajstić information content (AvgIpc) is 2.64. The van der Waals surface area contributed by atoms with Crippen molar-refractivity contribution < 1.29 is 4.39 Å². The number of hydrogen-bond acceptors (Lipinski definition) is 1. The molecule has 0 saturated carbocycles. The van der Waals surface area contributed by atoms with Gasteiger partial charge in [0.05, 0.1) is 0 Å². The summed E-state index contributed by atoms with van der Waals surface area (Å²) in [7, 11) is 0. The van der Waals surface area contributed by atoms with E-state index < -0.39 is 0 Å². The van der Waals surface area contributed by atoms with Crippen LogP contribution in [0, 0.1) is 5.92 Å². The predicted molar refractivity (Wildman–Crippen MR) is 63.1 cm³/mol. The van der Waals surface area contributed by atoms with Crippen LogP contribution in [0.2, 0.25) is 0 Å². The molecule has 0 N–H and O–H groups in total. The maximum Gasteiger partial charge on any atom is 0.102 e. The van der Waals surface area contributed by atoms with Gasteiger partial charge in [-0.25, -0.2) is 4.39 Å². The second-order valence-electron chi connectivity index (χ2n) is 4.11. The summed E-state index contributed by atoms with van der Waals surface area (Å²) >= 11 is 0. The van der Waals surface area contributed by atoms with Gasteiger partial charge in [0, 0.05) is 18.8 Å². The molecular weight excluding hydrogens is 189 g/mol. The van der Waals surface area contributed by atoms with Crippen molar-refractivity contribution in [2.45, 2.75) is 26.7 Å². The van der Waals surface area contributed by atoms with E-state index in [0.717, 1.165) is 18.8 Å². The zero-order valence-electron chi connectivity index (χ0n) is 9.67. The first-order chi connectivity index (χ1) is 7.17. The Balaban J connectivity index is 2.75. The molecule has 0 aromatic rings. The van der Waals surface area contributed by atoms with Crippen LogP contribution >= 0.6 is 0 Å². The van der Waals surface area contributed by atoms with Gasteiger partial charge in [-0.05, 0) is 30.9 Å². The van der Waals surface area contributed by atoms with Crippen molar-refractivity contribution in [2.24, 2.45) is 5.92 Å². The van der Waals surface area contributed by atoms with Crippen LogP contribution in [0.3, 0.4) is 0 Å². The van der Waals surface area contributed by atoms with Gasteiger partial charge < -0.3 is 4.90 Å². The minimum atomic E-state index is -0.0670. The fourth-order valence-corrected chi connectivity index (χ4v) is 1.80. The molecule has 1 fully saturated rings. The lowest BCUT2D eigenvalue weighted by atomic mass is 10.2. The molecule has 0 radical (unpaired) electrons. The van der Waals surface area contributed by atoms with Gasteiger partial charge in [0.1, 0.15) is 5.83 Å². The van der Waals surface area contributed by atoms with Crippen molar-refractivity contribution in [1.82, 2.24) is 4.90 Å². The molecule has 0 aromatic heterocycles. The van der Waals surface area contributed by atoms with Crippen LogP contribution in [0.5, 0.6) is 0 Å². The summed E-state index contributed by atoms with van der Waals surface area (Å²) in [6.45, 7) is 9.76.